The van der Waals surface area contributed by atoms with Crippen LogP contribution in [0.1, 0.15) is 0 Å². The molecule has 258 valence electrons. The van der Waals surface area contributed by atoms with Gasteiger partial charge in [0.05, 0.1) is 22.1 Å². The van der Waals surface area contributed by atoms with Gasteiger partial charge in [-0.25, -0.2) is 4.98 Å². The summed E-state index contributed by atoms with van der Waals surface area (Å²) in [6, 6.07) is 62.1. The van der Waals surface area contributed by atoms with E-state index in [4.69, 9.17) is 13.8 Å². The number of anilines is 3. The average molecular weight is 724 g/mol. The minimum Gasteiger partial charge on any atom is -0.456 e. The lowest BCUT2D eigenvalue weighted by Crippen LogP contribution is -2.10. The van der Waals surface area contributed by atoms with Crippen LogP contribution in [0.3, 0.4) is 0 Å². The molecule has 5 nitrogen and oxygen atoms in total. The number of oxazole rings is 1. The van der Waals surface area contributed by atoms with Gasteiger partial charge >= 0.3 is 0 Å². The maximum Gasteiger partial charge on any atom is 0.227 e. The average Bonchev–Trinajstić information content (AvgIpc) is 4.01. The molecular weight excluding hydrogens is 695 g/mol. The fraction of sp³-hybridized carbons (Fsp3) is 0. The first-order valence-electron chi connectivity index (χ1n) is 18.4. The van der Waals surface area contributed by atoms with E-state index < -0.39 is 0 Å². The van der Waals surface area contributed by atoms with Crippen molar-refractivity contribution < 1.29 is 8.83 Å². The third-order valence-electron chi connectivity index (χ3n) is 10.8. The highest BCUT2D eigenvalue weighted by Gasteiger charge is 2.24. The molecule has 0 spiro atoms. The van der Waals surface area contributed by atoms with Crippen LogP contribution in [0.15, 0.2) is 185 Å². The molecule has 4 aromatic heterocycles. The van der Waals surface area contributed by atoms with Gasteiger partial charge in [0.25, 0.3) is 0 Å². The second-order valence-corrected chi connectivity index (χ2v) is 15.0. The Hall–Kier alpha value is -7.15. The largest absolute Gasteiger partial charge is 0.456 e. The molecule has 0 aliphatic carbocycles. The van der Waals surface area contributed by atoms with E-state index in [0.29, 0.717) is 5.89 Å². The van der Waals surface area contributed by atoms with Crippen molar-refractivity contribution in [3.05, 3.63) is 176 Å². The van der Waals surface area contributed by atoms with Crippen molar-refractivity contribution in [2.45, 2.75) is 0 Å². The van der Waals surface area contributed by atoms with Crippen LogP contribution in [-0.2, 0) is 0 Å². The molecule has 8 aromatic carbocycles. The van der Waals surface area contributed by atoms with Crippen molar-refractivity contribution in [3.8, 4) is 17.1 Å². The first kappa shape index (κ1) is 30.3. The molecule has 55 heavy (non-hydrogen) atoms. The number of thiophene rings is 1. The van der Waals surface area contributed by atoms with Crippen LogP contribution in [-0.4, -0.2) is 9.55 Å². The molecular formula is C49H29N3O2S. The molecule has 0 bridgehead atoms. The van der Waals surface area contributed by atoms with Crippen LogP contribution >= 0.6 is 11.3 Å². The Morgan fingerprint density at radius 3 is 2.09 bits per heavy atom. The van der Waals surface area contributed by atoms with Gasteiger partial charge < -0.3 is 18.3 Å². The Kier molecular flexibility index (Phi) is 6.44. The van der Waals surface area contributed by atoms with Crippen molar-refractivity contribution in [2.24, 2.45) is 0 Å². The van der Waals surface area contributed by atoms with Crippen LogP contribution in [0.2, 0.25) is 0 Å². The standard InChI is InChI=1S/C49H29N3O2S/c1-3-12-30(13-4-1)49-50-38-25-27-43-47(48(38)54-49)37-28-32(23-26-42(37)53-43)51(33-22-24-35-34-16-8-10-21-44(34)55-45(35)29-33)40-19-11-20-41-46(40)36-17-7-9-18-39(36)52(41)31-14-5-2-6-15-31/h1-29H. The summed E-state index contributed by atoms with van der Waals surface area (Å²) in [5.41, 5.74) is 10.6. The number of benzene rings is 8. The summed E-state index contributed by atoms with van der Waals surface area (Å²) in [5.74, 6) is 0.591. The van der Waals surface area contributed by atoms with E-state index in [9.17, 15) is 0 Å². The summed E-state index contributed by atoms with van der Waals surface area (Å²) < 4.78 is 17.9. The molecule has 0 saturated heterocycles. The first-order chi connectivity index (χ1) is 27.3. The second kappa shape index (κ2) is 11.7. The zero-order valence-electron chi connectivity index (χ0n) is 29.3. The third kappa shape index (κ3) is 4.55. The molecule has 0 unspecified atom stereocenters. The van der Waals surface area contributed by atoms with Gasteiger partial charge in [-0.05, 0) is 91.0 Å². The van der Waals surface area contributed by atoms with Crippen molar-refractivity contribution in [2.75, 3.05) is 4.90 Å². The van der Waals surface area contributed by atoms with Gasteiger partial charge in [-0.1, -0.05) is 84.9 Å². The second-order valence-electron chi connectivity index (χ2n) is 13.9. The Morgan fingerprint density at radius 2 is 1.20 bits per heavy atom. The van der Waals surface area contributed by atoms with Crippen molar-refractivity contribution in [3.63, 3.8) is 0 Å². The van der Waals surface area contributed by atoms with Crippen LogP contribution in [0.25, 0.3) is 92.2 Å². The van der Waals surface area contributed by atoms with Crippen molar-refractivity contribution in [1.29, 1.82) is 0 Å². The Bertz CT molecular complexity index is 3450. The number of nitrogens with zero attached hydrogens (tertiary/aromatic N) is 3. The predicted octanol–water partition coefficient (Wildman–Crippen LogP) is 14.3. The molecule has 0 amide bonds. The maximum atomic E-state index is 6.55. The summed E-state index contributed by atoms with van der Waals surface area (Å²) in [6.07, 6.45) is 0. The van der Waals surface area contributed by atoms with E-state index >= 15 is 0 Å². The number of furan rings is 1. The lowest BCUT2D eigenvalue weighted by molar-refractivity contribution is 0.622. The summed E-state index contributed by atoms with van der Waals surface area (Å²) >= 11 is 1.83. The summed E-state index contributed by atoms with van der Waals surface area (Å²) in [5, 5.41) is 6.81. The zero-order valence-corrected chi connectivity index (χ0v) is 30.1. The minimum absolute atomic E-state index is 0.591. The van der Waals surface area contributed by atoms with Gasteiger partial charge in [0.1, 0.15) is 16.7 Å². The van der Waals surface area contributed by atoms with Crippen LogP contribution in [0, 0.1) is 0 Å². The van der Waals surface area contributed by atoms with Crippen molar-refractivity contribution in [1.82, 2.24) is 9.55 Å². The Labute approximate surface area is 318 Å². The van der Waals surface area contributed by atoms with Crippen LogP contribution in [0.5, 0.6) is 0 Å². The van der Waals surface area contributed by atoms with Gasteiger partial charge in [-0.2, -0.15) is 0 Å². The zero-order chi connectivity index (χ0) is 36.0. The summed E-state index contributed by atoms with van der Waals surface area (Å²) in [7, 11) is 0. The van der Waals surface area contributed by atoms with Crippen molar-refractivity contribution >= 4 is 103 Å². The molecule has 12 rings (SSSR count). The molecule has 0 fully saturated rings. The van der Waals surface area contributed by atoms with Gasteiger partial charge in [-0.3, -0.25) is 0 Å². The molecule has 0 N–H and O–H groups in total. The third-order valence-corrected chi connectivity index (χ3v) is 11.9. The molecule has 0 atom stereocenters. The quantitative estimate of drug-likeness (QED) is 0.177. The molecule has 0 aliphatic heterocycles. The topological polar surface area (TPSA) is 47.3 Å². The van der Waals surface area contributed by atoms with E-state index in [2.05, 4.69) is 143 Å². The number of hydrogen-bond acceptors (Lipinski definition) is 5. The highest BCUT2D eigenvalue weighted by atomic mass is 32.1. The highest BCUT2D eigenvalue weighted by Crippen LogP contribution is 2.47. The summed E-state index contributed by atoms with van der Waals surface area (Å²) in [4.78, 5) is 7.29. The van der Waals surface area contributed by atoms with Crippen LogP contribution in [0.4, 0.5) is 17.1 Å². The Morgan fingerprint density at radius 1 is 0.491 bits per heavy atom. The molecule has 12 aromatic rings. The number of rotatable bonds is 5. The molecule has 0 saturated carbocycles. The predicted molar refractivity (Wildman–Crippen MR) is 229 cm³/mol. The summed E-state index contributed by atoms with van der Waals surface area (Å²) in [6.45, 7) is 0. The molecule has 6 heteroatoms. The number of aromatic nitrogens is 2. The van der Waals surface area contributed by atoms with Gasteiger partial charge in [0.15, 0.2) is 5.58 Å². The molecule has 0 aliphatic rings. The fourth-order valence-corrected chi connectivity index (χ4v) is 9.54. The van der Waals surface area contributed by atoms with Crippen LogP contribution < -0.4 is 4.90 Å². The van der Waals surface area contributed by atoms with E-state index in [-0.39, 0.29) is 0 Å². The lowest BCUT2D eigenvalue weighted by Gasteiger charge is -2.26. The SMILES string of the molecule is c1ccc(-c2nc3ccc4oc5ccc(N(c6ccc7c(c6)sc6ccccc67)c6cccc7c6c6ccccc6n7-c6ccccc6)cc5c4c3o2)cc1. The van der Waals surface area contributed by atoms with E-state index in [1.165, 1.54) is 30.9 Å². The van der Waals surface area contributed by atoms with Gasteiger partial charge in [-0.15, -0.1) is 11.3 Å². The van der Waals surface area contributed by atoms with E-state index in [0.717, 1.165) is 72.4 Å². The minimum atomic E-state index is 0.591. The number of fused-ring (bicyclic) bond motifs is 11. The molecule has 0 radical (unpaired) electrons. The highest BCUT2D eigenvalue weighted by molar-refractivity contribution is 7.25. The monoisotopic (exact) mass is 723 g/mol. The smallest absolute Gasteiger partial charge is 0.227 e. The maximum absolute atomic E-state index is 6.55. The lowest BCUT2D eigenvalue weighted by atomic mass is 10.1. The Balaban J connectivity index is 1.15. The first-order valence-corrected chi connectivity index (χ1v) is 19.2. The van der Waals surface area contributed by atoms with Gasteiger partial charge in [0.2, 0.25) is 5.89 Å². The number of para-hydroxylation sites is 2. The normalized spacial score (nSPS) is 12.0. The van der Waals surface area contributed by atoms with E-state index in [1.807, 2.05) is 53.8 Å². The fourth-order valence-electron chi connectivity index (χ4n) is 8.40. The number of hydrogen-bond donors (Lipinski definition) is 0. The van der Waals surface area contributed by atoms with E-state index in [1.54, 1.807) is 0 Å². The molecule has 4 heterocycles. The van der Waals surface area contributed by atoms with Gasteiger partial charge in [0, 0.05) is 59.0 Å².